The smallest absolute Gasteiger partial charge is 0.311 e. The molecule has 116 valence electrons. The Labute approximate surface area is 127 Å². The minimum Gasteiger partial charge on any atom is -0.463 e. The molecule has 0 aliphatic rings. The molecular weight excluding hydrogens is 336 g/mol. The van der Waals surface area contributed by atoms with Crippen molar-refractivity contribution in [2.45, 2.75) is 17.7 Å². The number of rotatable bonds is 6. The van der Waals surface area contributed by atoms with Gasteiger partial charge in [-0.05, 0) is 12.1 Å². The molecule has 0 atom stereocenters. The molecule has 0 saturated heterocycles. The van der Waals surface area contributed by atoms with Crippen molar-refractivity contribution in [2.75, 3.05) is 6.61 Å². The Morgan fingerprint density at radius 3 is 2.29 bits per heavy atom. The van der Waals surface area contributed by atoms with Crippen LogP contribution in [0.1, 0.15) is 12.8 Å². The number of carbonyl (C=O) groups is 2. The maximum atomic E-state index is 13.2. The van der Waals surface area contributed by atoms with E-state index in [1.807, 2.05) is 0 Å². The van der Waals surface area contributed by atoms with Gasteiger partial charge in [-0.25, -0.2) is 8.78 Å². The van der Waals surface area contributed by atoms with Gasteiger partial charge in [-0.15, -0.1) is 23.2 Å². The van der Waals surface area contributed by atoms with E-state index in [0.29, 0.717) is 6.07 Å². The summed E-state index contributed by atoms with van der Waals surface area (Å²) in [5.41, 5.74) is 0. The number of carbonyl (C=O) groups excluding carboxylic acids is 2. The molecule has 1 aromatic carbocycles. The van der Waals surface area contributed by atoms with Gasteiger partial charge in [-0.1, -0.05) is 0 Å². The summed E-state index contributed by atoms with van der Waals surface area (Å²) >= 11 is 10.7. The van der Waals surface area contributed by atoms with Gasteiger partial charge >= 0.3 is 11.9 Å². The van der Waals surface area contributed by atoms with Crippen molar-refractivity contribution in [3.8, 4) is 5.75 Å². The van der Waals surface area contributed by atoms with Gasteiger partial charge in [0.2, 0.25) is 5.82 Å². The van der Waals surface area contributed by atoms with E-state index < -0.39 is 46.4 Å². The zero-order valence-electron chi connectivity index (χ0n) is 10.4. The zero-order chi connectivity index (χ0) is 16.0. The molecule has 0 radical (unpaired) electrons. The summed E-state index contributed by atoms with van der Waals surface area (Å²) in [4.78, 5) is 21.6. The summed E-state index contributed by atoms with van der Waals surface area (Å²) in [6, 6.07) is 1.37. The maximum Gasteiger partial charge on any atom is 0.311 e. The summed E-state index contributed by atoms with van der Waals surface area (Å²) < 4.78 is 47.8. The van der Waals surface area contributed by atoms with Crippen LogP contribution in [0.5, 0.6) is 5.75 Å². The minimum absolute atomic E-state index is 0.241. The average Bonchev–Trinajstić information content (AvgIpc) is 2.43. The number of benzene rings is 1. The number of esters is 2. The van der Waals surface area contributed by atoms with Gasteiger partial charge in [0.1, 0.15) is 11.4 Å². The normalized spacial score (nSPS) is 10.6. The number of ether oxygens (including phenoxy) is 2. The minimum atomic E-state index is -1.75. The molecule has 0 fully saturated rings. The lowest BCUT2D eigenvalue weighted by atomic mass is 10.3. The highest BCUT2D eigenvalue weighted by Gasteiger charge is 2.18. The third-order valence-electron chi connectivity index (χ3n) is 2.13. The Morgan fingerprint density at radius 2 is 1.67 bits per heavy atom. The first-order valence-corrected chi connectivity index (χ1v) is 6.46. The molecular formula is C12H9Cl2F3O4. The van der Waals surface area contributed by atoms with Crippen LogP contribution >= 0.6 is 23.2 Å². The average molecular weight is 345 g/mol. The first-order chi connectivity index (χ1) is 9.81. The molecule has 0 aliphatic heterocycles. The Hall–Kier alpha value is -1.47. The number of hydrogen-bond acceptors (Lipinski definition) is 4. The van der Waals surface area contributed by atoms with Crippen LogP contribution < -0.4 is 4.74 Å². The molecule has 21 heavy (non-hydrogen) atoms. The predicted octanol–water partition coefficient (Wildman–Crippen LogP) is 3.14. The fraction of sp³-hybridized carbons (Fsp3) is 0.333. The van der Waals surface area contributed by atoms with E-state index in [4.69, 9.17) is 23.2 Å². The van der Waals surface area contributed by atoms with Crippen LogP contribution in [-0.4, -0.2) is 23.4 Å². The second-order valence-electron chi connectivity index (χ2n) is 3.72. The van der Waals surface area contributed by atoms with E-state index in [2.05, 4.69) is 9.47 Å². The molecule has 0 heterocycles. The van der Waals surface area contributed by atoms with E-state index in [1.165, 1.54) is 0 Å². The Bertz CT molecular complexity index is 537. The lowest BCUT2D eigenvalue weighted by Gasteiger charge is -2.07. The lowest BCUT2D eigenvalue weighted by Crippen LogP contribution is -2.15. The van der Waals surface area contributed by atoms with Gasteiger partial charge in [-0.2, -0.15) is 4.39 Å². The predicted molar refractivity (Wildman–Crippen MR) is 67.6 cm³/mol. The fourth-order valence-corrected chi connectivity index (χ4v) is 1.32. The van der Waals surface area contributed by atoms with Crippen molar-refractivity contribution >= 4 is 35.1 Å². The molecule has 0 aliphatic carbocycles. The Morgan fingerprint density at radius 1 is 1.05 bits per heavy atom. The van der Waals surface area contributed by atoms with Crippen LogP contribution in [0.25, 0.3) is 0 Å². The molecule has 1 aromatic rings. The number of alkyl halides is 2. The summed E-state index contributed by atoms with van der Waals surface area (Å²) in [5.74, 6) is -7.33. The lowest BCUT2D eigenvalue weighted by molar-refractivity contribution is -0.146. The maximum absolute atomic E-state index is 13.2. The van der Waals surface area contributed by atoms with E-state index >= 15 is 0 Å². The number of hydrogen-bond donors (Lipinski definition) is 0. The van der Waals surface area contributed by atoms with Gasteiger partial charge in [0.25, 0.3) is 0 Å². The van der Waals surface area contributed by atoms with Crippen LogP contribution in [0.3, 0.4) is 0 Å². The van der Waals surface area contributed by atoms with Gasteiger partial charge in [0, 0.05) is 0 Å². The number of halogens is 5. The van der Waals surface area contributed by atoms with Crippen molar-refractivity contribution in [1.82, 2.24) is 0 Å². The highest BCUT2D eigenvalue weighted by atomic mass is 35.5. The van der Waals surface area contributed by atoms with Crippen molar-refractivity contribution in [3.05, 3.63) is 29.6 Å². The third-order valence-corrected chi connectivity index (χ3v) is 2.38. The molecule has 0 unspecified atom stereocenters. The monoisotopic (exact) mass is 344 g/mol. The van der Waals surface area contributed by atoms with E-state index in [1.54, 1.807) is 0 Å². The third kappa shape index (κ3) is 5.81. The fourth-order valence-electron chi connectivity index (χ4n) is 1.19. The van der Waals surface area contributed by atoms with E-state index in [9.17, 15) is 22.8 Å². The Balaban J connectivity index is 2.48. The van der Waals surface area contributed by atoms with Crippen molar-refractivity contribution < 1.29 is 32.2 Å². The largest absolute Gasteiger partial charge is 0.463 e. The standard InChI is InChI=1S/C12H9Cl2F3O4/c13-8(14)5-20-9(18)3-4-10(19)21-7-2-1-6(15)11(16)12(7)17/h1-2,8H,3-5H2. The molecule has 9 heteroatoms. The molecule has 0 aromatic heterocycles. The van der Waals surface area contributed by atoms with Crippen LogP contribution in [0, 0.1) is 17.5 Å². The summed E-state index contributed by atoms with van der Waals surface area (Å²) in [6.07, 6.45) is -0.795. The molecule has 0 saturated carbocycles. The quantitative estimate of drug-likeness (QED) is 0.344. The van der Waals surface area contributed by atoms with Crippen LogP contribution in [0.2, 0.25) is 0 Å². The topological polar surface area (TPSA) is 52.6 Å². The van der Waals surface area contributed by atoms with Crippen LogP contribution in [-0.2, 0) is 14.3 Å². The highest BCUT2D eigenvalue weighted by molar-refractivity contribution is 6.44. The molecule has 0 N–H and O–H groups in total. The van der Waals surface area contributed by atoms with Crippen LogP contribution in [0.15, 0.2) is 12.1 Å². The van der Waals surface area contributed by atoms with Gasteiger partial charge in [0.05, 0.1) is 12.8 Å². The van der Waals surface area contributed by atoms with Crippen molar-refractivity contribution in [1.29, 1.82) is 0 Å². The summed E-state index contributed by atoms with van der Waals surface area (Å²) in [7, 11) is 0. The molecule has 4 nitrogen and oxygen atoms in total. The van der Waals surface area contributed by atoms with Crippen molar-refractivity contribution in [2.24, 2.45) is 0 Å². The van der Waals surface area contributed by atoms with Gasteiger partial charge in [0.15, 0.2) is 17.4 Å². The SMILES string of the molecule is O=C(CCC(=O)Oc1ccc(F)c(F)c1F)OCC(Cl)Cl. The Kier molecular flexibility index (Phi) is 6.77. The highest BCUT2D eigenvalue weighted by Crippen LogP contribution is 2.22. The van der Waals surface area contributed by atoms with E-state index in [-0.39, 0.29) is 13.0 Å². The first-order valence-electron chi connectivity index (χ1n) is 5.59. The van der Waals surface area contributed by atoms with Crippen molar-refractivity contribution in [3.63, 3.8) is 0 Å². The molecule has 0 spiro atoms. The summed E-state index contributed by atoms with van der Waals surface area (Å²) in [5, 5.41) is 0. The molecule has 1 rings (SSSR count). The second-order valence-corrected chi connectivity index (χ2v) is 5.00. The van der Waals surface area contributed by atoms with Gasteiger partial charge in [-0.3, -0.25) is 9.59 Å². The molecule has 0 bridgehead atoms. The van der Waals surface area contributed by atoms with Crippen LogP contribution in [0.4, 0.5) is 13.2 Å². The second kappa shape index (κ2) is 8.09. The zero-order valence-corrected chi connectivity index (χ0v) is 11.9. The van der Waals surface area contributed by atoms with E-state index in [0.717, 1.165) is 6.07 Å². The molecule has 0 amide bonds. The summed E-state index contributed by atoms with van der Waals surface area (Å²) in [6.45, 7) is -0.241. The first kappa shape index (κ1) is 17.6. The van der Waals surface area contributed by atoms with Gasteiger partial charge < -0.3 is 9.47 Å².